The number of hydrogen-bond acceptors (Lipinski definition) is 4. The molecule has 0 radical (unpaired) electrons. The first-order valence-corrected chi connectivity index (χ1v) is 7.94. The lowest BCUT2D eigenvalue weighted by Gasteiger charge is -2.18. The van der Waals surface area contributed by atoms with E-state index in [4.69, 9.17) is 10.00 Å². The molecule has 2 aromatic rings. The average molecular weight is 335 g/mol. The number of benzene rings is 2. The number of carbonyl (C=O) groups is 1. The van der Waals surface area contributed by atoms with Crippen molar-refractivity contribution in [2.24, 2.45) is 5.10 Å². The van der Waals surface area contributed by atoms with Gasteiger partial charge in [-0.2, -0.15) is 10.4 Å². The van der Waals surface area contributed by atoms with Crippen LogP contribution in [-0.4, -0.2) is 18.7 Å². The van der Waals surface area contributed by atoms with E-state index < -0.39 is 0 Å². The van der Waals surface area contributed by atoms with Crippen LogP contribution < -0.4 is 10.2 Å². The number of rotatable bonds is 5. The predicted octanol–water partition coefficient (Wildman–Crippen LogP) is 3.38. The number of carbonyl (C=O) groups excluding carboxylic acids is 1. The summed E-state index contributed by atoms with van der Waals surface area (Å²) in [4.78, 5) is 11.7. The molecule has 0 bridgehead atoms. The van der Waals surface area contributed by atoms with Gasteiger partial charge in [-0.25, -0.2) is 5.43 Å². The molecule has 128 valence electrons. The minimum atomic E-state index is -0.355. The third-order valence-electron chi connectivity index (χ3n) is 3.53. The van der Waals surface area contributed by atoms with Crippen LogP contribution in [0.3, 0.4) is 0 Å². The van der Waals surface area contributed by atoms with Crippen molar-refractivity contribution in [2.45, 2.75) is 26.2 Å². The second-order valence-corrected chi connectivity index (χ2v) is 6.59. The van der Waals surface area contributed by atoms with Crippen LogP contribution in [0.2, 0.25) is 0 Å². The van der Waals surface area contributed by atoms with Crippen LogP contribution in [0.5, 0.6) is 5.75 Å². The minimum Gasteiger partial charge on any atom is -0.484 e. The Morgan fingerprint density at radius 1 is 1.16 bits per heavy atom. The summed E-state index contributed by atoms with van der Waals surface area (Å²) in [6.45, 7) is 6.32. The van der Waals surface area contributed by atoms with Crippen molar-refractivity contribution in [1.82, 2.24) is 5.43 Å². The quantitative estimate of drug-likeness (QED) is 0.672. The Bertz CT molecular complexity index is 780. The summed E-state index contributed by atoms with van der Waals surface area (Å²) in [6, 6.07) is 16.6. The molecule has 1 amide bonds. The third kappa shape index (κ3) is 5.78. The Morgan fingerprint density at radius 3 is 2.36 bits per heavy atom. The Balaban J connectivity index is 1.81. The van der Waals surface area contributed by atoms with E-state index in [1.165, 1.54) is 5.56 Å². The van der Waals surface area contributed by atoms with Gasteiger partial charge in [-0.3, -0.25) is 4.79 Å². The molecule has 0 saturated carbocycles. The van der Waals surface area contributed by atoms with Crippen LogP contribution in [0.4, 0.5) is 0 Å². The van der Waals surface area contributed by atoms with E-state index in [0.717, 1.165) is 5.56 Å². The molecule has 0 spiro atoms. The van der Waals surface area contributed by atoms with Gasteiger partial charge in [-0.05, 0) is 40.8 Å². The molecule has 0 heterocycles. The second kappa shape index (κ2) is 8.11. The van der Waals surface area contributed by atoms with Crippen molar-refractivity contribution in [3.63, 3.8) is 0 Å². The summed E-state index contributed by atoms with van der Waals surface area (Å²) in [5.74, 6) is 0.169. The highest BCUT2D eigenvalue weighted by Crippen LogP contribution is 2.21. The van der Waals surface area contributed by atoms with Gasteiger partial charge in [0.25, 0.3) is 5.91 Å². The average Bonchev–Trinajstić information content (AvgIpc) is 2.60. The molecule has 1 N–H and O–H groups in total. The lowest BCUT2D eigenvalue weighted by atomic mass is 9.87. The summed E-state index contributed by atoms with van der Waals surface area (Å²) in [5.41, 5.74) is 5.21. The maximum absolute atomic E-state index is 11.7. The zero-order chi connectivity index (χ0) is 18.3. The van der Waals surface area contributed by atoms with Crippen molar-refractivity contribution in [1.29, 1.82) is 5.26 Å². The fourth-order valence-corrected chi connectivity index (χ4v) is 2.05. The molecule has 0 aliphatic carbocycles. The zero-order valence-corrected chi connectivity index (χ0v) is 14.6. The molecule has 0 unspecified atom stereocenters. The fourth-order valence-electron chi connectivity index (χ4n) is 2.05. The molecule has 0 atom stereocenters. The van der Waals surface area contributed by atoms with Gasteiger partial charge in [0.15, 0.2) is 6.61 Å². The molecule has 5 heteroatoms. The van der Waals surface area contributed by atoms with E-state index in [9.17, 15) is 4.79 Å². The van der Waals surface area contributed by atoms with Gasteiger partial charge < -0.3 is 4.74 Å². The van der Waals surface area contributed by atoms with Gasteiger partial charge in [-0.1, -0.05) is 45.0 Å². The van der Waals surface area contributed by atoms with Crippen LogP contribution >= 0.6 is 0 Å². The molecular formula is C20H21N3O2. The molecule has 0 fully saturated rings. The number of ether oxygens (including phenoxy) is 1. The van der Waals surface area contributed by atoms with E-state index in [1.807, 2.05) is 18.2 Å². The monoisotopic (exact) mass is 335 g/mol. The zero-order valence-electron chi connectivity index (χ0n) is 14.6. The number of nitrogens with zero attached hydrogens (tertiary/aromatic N) is 2. The topological polar surface area (TPSA) is 74.5 Å². The van der Waals surface area contributed by atoms with Gasteiger partial charge in [-0.15, -0.1) is 0 Å². The maximum Gasteiger partial charge on any atom is 0.277 e. The van der Waals surface area contributed by atoms with Gasteiger partial charge in [0.2, 0.25) is 0 Å². The van der Waals surface area contributed by atoms with E-state index >= 15 is 0 Å². The van der Waals surface area contributed by atoms with Crippen molar-refractivity contribution in [2.75, 3.05) is 6.61 Å². The van der Waals surface area contributed by atoms with E-state index in [0.29, 0.717) is 11.3 Å². The maximum atomic E-state index is 11.7. The first kappa shape index (κ1) is 18.2. The van der Waals surface area contributed by atoms with E-state index in [2.05, 4.69) is 43.4 Å². The standard InChI is InChI=1S/C20H21N3O2/c1-20(2,3)17-8-4-16(5-9-17)13-22-23-19(24)14-25-18-10-6-15(12-21)7-11-18/h4-11,13H,14H2,1-3H3,(H,23,24)/b22-13-. The first-order chi connectivity index (χ1) is 11.9. The third-order valence-corrected chi connectivity index (χ3v) is 3.53. The summed E-state index contributed by atoms with van der Waals surface area (Å²) in [5, 5.41) is 12.6. The molecule has 25 heavy (non-hydrogen) atoms. The Hall–Kier alpha value is -3.13. The van der Waals surface area contributed by atoms with Crippen LogP contribution in [0.25, 0.3) is 0 Å². The van der Waals surface area contributed by atoms with Crippen LogP contribution in [-0.2, 0) is 10.2 Å². The van der Waals surface area contributed by atoms with Crippen molar-refractivity contribution < 1.29 is 9.53 Å². The fraction of sp³-hybridized carbons (Fsp3) is 0.250. The Labute approximate surface area is 147 Å². The minimum absolute atomic E-state index is 0.104. The van der Waals surface area contributed by atoms with Crippen molar-refractivity contribution in [3.05, 3.63) is 65.2 Å². The SMILES string of the molecule is CC(C)(C)c1ccc(/C=N\NC(=O)COc2ccc(C#N)cc2)cc1. The van der Waals surface area contributed by atoms with E-state index in [-0.39, 0.29) is 17.9 Å². The Kier molecular flexibility index (Phi) is 5.91. The number of nitriles is 1. The first-order valence-electron chi connectivity index (χ1n) is 7.94. The molecule has 0 aromatic heterocycles. The van der Waals surface area contributed by atoms with Crippen LogP contribution in [0.1, 0.15) is 37.5 Å². The number of hydrogen-bond donors (Lipinski definition) is 1. The van der Waals surface area contributed by atoms with Crippen molar-refractivity contribution in [3.8, 4) is 11.8 Å². The summed E-state index contributed by atoms with van der Waals surface area (Å²) in [6.07, 6.45) is 1.59. The van der Waals surface area contributed by atoms with Gasteiger partial charge in [0.1, 0.15) is 5.75 Å². The summed E-state index contributed by atoms with van der Waals surface area (Å²) >= 11 is 0. The molecule has 0 aliphatic heterocycles. The smallest absolute Gasteiger partial charge is 0.277 e. The van der Waals surface area contributed by atoms with Crippen LogP contribution in [0.15, 0.2) is 53.6 Å². The molecule has 0 aliphatic rings. The molecule has 2 aromatic carbocycles. The normalized spacial score (nSPS) is 11.1. The van der Waals surface area contributed by atoms with Crippen molar-refractivity contribution >= 4 is 12.1 Å². The van der Waals surface area contributed by atoms with E-state index in [1.54, 1.807) is 30.5 Å². The summed E-state index contributed by atoms with van der Waals surface area (Å²) in [7, 11) is 0. The highest BCUT2D eigenvalue weighted by Gasteiger charge is 2.12. The van der Waals surface area contributed by atoms with Crippen LogP contribution in [0, 0.1) is 11.3 Å². The predicted molar refractivity (Wildman–Crippen MR) is 97.5 cm³/mol. The molecule has 2 rings (SSSR count). The molecular weight excluding hydrogens is 314 g/mol. The largest absolute Gasteiger partial charge is 0.484 e. The summed E-state index contributed by atoms with van der Waals surface area (Å²) < 4.78 is 5.33. The lowest BCUT2D eigenvalue weighted by Crippen LogP contribution is -2.24. The Morgan fingerprint density at radius 2 is 1.80 bits per heavy atom. The number of nitrogens with one attached hydrogen (secondary N) is 1. The van der Waals surface area contributed by atoms with Gasteiger partial charge in [0.05, 0.1) is 17.8 Å². The molecule has 5 nitrogen and oxygen atoms in total. The number of hydrazone groups is 1. The number of amides is 1. The second-order valence-electron chi connectivity index (χ2n) is 6.59. The highest BCUT2D eigenvalue weighted by atomic mass is 16.5. The highest BCUT2D eigenvalue weighted by molar-refractivity contribution is 5.83. The molecule has 0 saturated heterocycles. The van der Waals surface area contributed by atoms with Gasteiger partial charge in [0, 0.05) is 0 Å². The van der Waals surface area contributed by atoms with Gasteiger partial charge >= 0.3 is 0 Å². The lowest BCUT2D eigenvalue weighted by molar-refractivity contribution is -0.123.